The average Bonchev–Trinajstić information content (AvgIpc) is 2.83. The van der Waals surface area contributed by atoms with Gasteiger partial charge in [-0.05, 0) is 6.42 Å². The first-order chi connectivity index (χ1) is 9.63. The van der Waals surface area contributed by atoms with Gasteiger partial charge in [0.1, 0.15) is 12.3 Å². The molecule has 1 atom stereocenters. The number of hydrogen-bond donors (Lipinski definition) is 2. The Labute approximate surface area is 127 Å². The maximum Gasteiger partial charge on any atom is 0.274 e. The zero-order valence-corrected chi connectivity index (χ0v) is 12.9. The molecule has 0 aliphatic rings. The summed E-state index contributed by atoms with van der Waals surface area (Å²) < 4.78 is 0. The van der Waals surface area contributed by atoms with E-state index in [1.54, 1.807) is 17.8 Å². The number of halogens is 1. The fourth-order valence-corrected chi connectivity index (χ4v) is 2.52. The molecule has 1 aromatic heterocycles. The second kappa shape index (κ2) is 8.65. The quantitative estimate of drug-likeness (QED) is 0.439. The van der Waals surface area contributed by atoms with E-state index < -0.39 is 0 Å². The van der Waals surface area contributed by atoms with Crippen molar-refractivity contribution in [3.05, 3.63) is 24.0 Å². The van der Waals surface area contributed by atoms with Gasteiger partial charge in [0.2, 0.25) is 0 Å². The van der Waals surface area contributed by atoms with Crippen LogP contribution in [0, 0.1) is 0 Å². The fourth-order valence-electron chi connectivity index (χ4n) is 1.46. The molecule has 1 amide bonds. The smallest absolute Gasteiger partial charge is 0.274 e. The summed E-state index contributed by atoms with van der Waals surface area (Å²) >= 11 is 7.41. The first-order valence-corrected chi connectivity index (χ1v) is 7.40. The van der Waals surface area contributed by atoms with Gasteiger partial charge in [0.25, 0.3) is 5.91 Å². The molecule has 1 aromatic rings. The summed E-state index contributed by atoms with van der Waals surface area (Å²) in [6.07, 6.45) is 3.96. The van der Waals surface area contributed by atoms with Crippen LogP contribution in [0.2, 0.25) is 5.15 Å². The van der Waals surface area contributed by atoms with Crippen LogP contribution in [-0.4, -0.2) is 39.9 Å². The summed E-state index contributed by atoms with van der Waals surface area (Å²) in [7, 11) is 1.41. The van der Waals surface area contributed by atoms with E-state index in [1.807, 2.05) is 6.92 Å². The molecule has 0 fully saturated rings. The van der Waals surface area contributed by atoms with Crippen LogP contribution < -0.4 is 5.32 Å². The molecule has 1 rings (SSSR count). The highest BCUT2D eigenvalue weighted by Crippen LogP contribution is 2.20. The van der Waals surface area contributed by atoms with Crippen LogP contribution in [0.4, 0.5) is 5.69 Å². The predicted molar refractivity (Wildman–Crippen MR) is 83.4 cm³/mol. The number of amides is 1. The minimum absolute atomic E-state index is 0.0846. The lowest BCUT2D eigenvalue weighted by Gasteiger charge is -2.15. The molecule has 0 aromatic carbocycles. The van der Waals surface area contributed by atoms with Crippen LogP contribution in [0.5, 0.6) is 0 Å². The van der Waals surface area contributed by atoms with Gasteiger partial charge in [-0.3, -0.25) is 9.89 Å². The summed E-state index contributed by atoms with van der Waals surface area (Å²) in [6, 6.07) is 0. The minimum atomic E-state index is -0.362. The number of carbonyl (C=O) groups is 1. The van der Waals surface area contributed by atoms with Gasteiger partial charge in [0, 0.05) is 5.75 Å². The Balaban J connectivity index is 2.84. The van der Waals surface area contributed by atoms with E-state index in [1.165, 1.54) is 13.3 Å². The molecule has 1 heterocycles. The summed E-state index contributed by atoms with van der Waals surface area (Å²) in [5.74, 6) is 0.361. The summed E-state index contributed by atoms with van der Waals surface area (Å²) in [4.78, 5) is 17.0. The van der Waals surface area contributed by atoms with Crippen LogP contribution in [0.15, 0.2) is 24.0 Å². The zero-order valence-electron chi connectivity index (χ0n) is 11.4. The van der Waals surface area contributed by atoms with Crippen molar-refractivity contribution in [2.24, 2.45) is 5.16 Å². The van der Waals surface area contributed by atoms with Crippen molar-refractivity contribution in [3.8, 4) is 0 Å². The standard InChI is InChI=1S/C12H17ClN4O2S/c1-4-6-20-9(5-2)10(17-19-3)12(18)15-8-7-14-16-11(8)13/h4,7,9H,1,5-6H2,2-3H3,(H,14,16)(H,15,18). The maximum atomic E-state index is 12.3. The molecule has 0 saturated heterocycles. The molecule has 0 radical (unpaired) electrons. The number of H-pyrrole nitrogens is 1. The van der Waals surface area contributed by atoms with E-state index >= 15 is 0 Å². The van der Waals surface area contributed by atoms with Gasteiger partial charge in [-0.1, -0.05) is 29.8 Å². The summed E-state index contributed by atoms with van der Waals surface area (Å²) in [5, 5.41) is 12.9. The Kier molecular flexibility index (Phi) is 7.17. The Morgan fingerprint density at radius 1 is 1.80 bits per heavy atom. The highest BCUT2D eigenvalue weighted by molar-refractivity contribution is 8.00. The van der Waals surface area contributed by atoms with Crippen molar-refractivity contribution in [1.82, 2.24) is 10.2 Å². The van der Waals surface area contributed by atoms with Gasteiger partial charge in [0.15, 0.2) is 5.71 Å². The van der Waals surface area contributed by atoms with Crippen molar-refractivity contribution < 1.29 is 9.63 Å². The molecule has 2 N–H and O–H groups in total. The lowest BCUT2D eigenvalue weighted by atomic mass is 10.2. The monoisotopic (exact) mass is 316 g/mol. The van der Waals surface area contributed by atoms with Gasteiger partial charge in [0.05, 0.1) is 17.1 Å². The van der Waals surface area contributed by atoms with Crippen molar-refractivity contribution in [2.45, 2.75) is 18.6 Å². The molecule has 0 spiro atoms. The van der Waals surface area contributed by atoms with E-state index in [0.29, 0.717) is 11.4 Å². The Hall–Kier alpha value is -1.47. The number of rotatable bonds is 8. The number of nitrogens with zero attached hydrogens (tertiary/aromatic N) is 2. The lowest BCUT2D eigenvalue weighted by molar-refractivity contribution is -0.110. The number of oxime groups is 1. The minimum Gasteiger partial charge on any atom is -0.399 e. The second-order valence-electron chi connectivity index (χ2n) is 3.73. The molecule has 0 saturated carbocycles. The molecule has 8 heteroatoms. The lowest BCUT2D eigenvalue weighted by Crippen LogP contribution is -2.31. The fraction of sp³-hybridized carbons (Fsp3) is 0.417. The summed E-state index contributed by atoms with van der Waals surface area (Å²) in [5.41, 5.74) is 0.711. The number of nitrogens with one attached hydrogen (secondary N) is 2. The largest absolute Gasteiger partial charge is 0.399 e. The predicted octanol–water partition coefficient (Wildman–Crippen LogP) is 2.70. The van der Waals surface area contributed by atoms with Gasteiger partial charge >= 0.3 is 0 Å². The first-order valence-electron chi connectivity index (χ1n) is 5.97. The first kappa shape index (κ1) is 16.6. The number of carbonyl (C=O) groups excluding carboxylic acids is 1. The molecule has 1 unspecified atom stereocenters. The molecular formula is C12H17ClN4O2S. The van der Waals surface area contributed by atoms with Gasteiger partial charge < -0.3 is 10.2 Å². The van der Waals surface area contributed by atoms with Gasteiger partial charge in [-0.25, -0.2) is 0 Å². The van der Waals surface area contributed by atoms with E-state index in [2.05, 4.69) is 27.2 Å². The normalized spacial score (nSPS) is 12.8. The Morgan fingerprint density at radius 2 is 2.55 bits per heavy atom. The maximum absolute atomic E-state index is 12.3. The van der Waals surface area contributed by atoms with Gasteiger partial charge in [-0.2, -0.15) is 5.10 Å². The number of anilines is 1. The highest BCUT2D eigenvalue weighted by atomic mass is 35.5. The highest BCUT2D eigenvalue weighted by Gasteiger charge is 2.23. The topological polar surface area (TPSA) is 79.4 Å². The van der Waals surface area contributed by atoms with Crippen LogP contribution >= 0.6 is 23.4 Å². The third-order valence-corrected chi connectivity index (χ3v) is 4.03. The SMILES string of the molecule is C=CCSC(CC)C(=NOC)C(=O)Nc1cn[nH]c1Cl. The van der Waals surface area contributed by atoms with E-state index in [4.69, 9.17) is 16.4 Å². The Morgan fingerprint density at radius 3 is 3.05 bits per heavy atom. The van der Waals surface area contributed by atoms with Crippen molar-refractivity contribution in [2.75, 3.05) is 18.2 Å². The second-order valence-corrected chi connectivity index (χ2v) is 5.34. The molecule has 20 heavy (non-hydrogen) atoms. The van der Waals surface area contributed by atoms with Crippen molar-refractivity contribution in [3.63, 3.8) is 0 Å². The molecule has 6 nitrogen and oxygen atoms in total. The number of hydrogen-bond acceptors (Lipinski definition) is 5. The van der Waals surface area contributed by atoms with E-state index in [-0.39, 0.29) is 16.3 Å². The average molecular weight is 317 g/mol. The number of thioether (sulfide) groups is 1. The molecule has 110 valence electrons. The van der Waals surface area contributed by atoms with Crippen molar-refractivity contribution >= 4 is 40.7 Å². The Bertz CT molecular complexity index is 490. The third kappa shape index (κ3) is 4.57. The molecule has 0 aliphatic carbocycles. The zero-order chi connectivity index (χ0) is 15.0. The number of aromatic nitrogens is 2. The van der Waals surface area contributed by atoms with Gasteiger partial charge in [-0.15, -0.1) is 18.3 Å². The van der Waals surface area contributed by atoms with Crippen LogP contribution in [-0.2, 0) is 9.63 Å². The number of aromatic amines is 1. The molecular weight excluding hydrogens is 300 g/mol. The van der Waals surface area contributed by atoms with Crippen LogP contribution in [0.25, 0.3) is 0 Å². The third-order valence-electron chi connectivity index (χ3n) is 2.35. The summed E-state index contributed by atoms with van der Waals surface area (Å²) in [6.45, 7) is 5.64. The van der Waals surface area contributed by atoms with E-state index in [0.717, 1.165) is 12.2 Å². The molecule has 0 aliphatic heterocycles. The van der Waals surface area contributed by atoms with Crippen molar-refractivity contribution in [1.29, 1.82) is 0 Å². The molecule has 0 bridgehead atoms. The van der Waals surface area contributed by atoms with Crippen LogP contribution in [0.3, 0.4) is 0 Å². The van der Waals surface area contributed by atoms with Crippen LogP contribution in [0.1, 0.15) is 13.3 Å². The van der Waals surface area contributed by atoms with E-state index in [9.17, 15) is 4.79 Å².